The molecular formula is C59H92O6. The van der Waals surface area contributed by atoms with E-state index in [0.29, 0.717) is 19.3 Å². The van der Waals surface area contributed by atoms with E-state index in [1.165, 1.54) is 12.8 Å². The highest BCUT2D eigenvalue weighted by atomic mass is 16.6. The molecule has 0 bridgehead atoms. The molecule has 0 fully saturated rings. The van der Waals surface area contributed by atoms with Gasteiger partial charge in [0.05, 0.1) is 0 Å². The molecule has 0 saturated heterocycles. The second kappa shape index (κ2) is 52.2. The molecule has 364 valence electrons. The van der Waals surface area contributed by atoms with Gasteiger partial charge in [-0.05, 0) is 116 Å². The molecular weight excluding hydrogens is 805 g/mol. The van der Waals surface area contributed by atoms with Crippen LogP contribution in [0.4, 0.5) is 0 Å². The molecule has 0 aliphatic carbocycles. The average Bonchev–Trinajstić information content (AvgIpc) is 3.30. The number of allylic oxidation sites excluding steroid dienone is 22. The maximum atomic E-state index is 12.8. The SMILES string of the molecule is CC/C=C\C/C=C\C/C=C\C/C=C\C/C=C\C/C=C\CCC(=O)OC[C@H](COC(=O)CCCCCC/C=C\C/C=C\C/C=C\C/C=C\CC)OC(=O)CCCCCCC/C=C\CCCC. The van der Waals surface area contributed by atoms with Crippen LogP contribution in [0.2, 0.25) is 0 Å². The van der Waals surface area contributed by atoms with E-state index >= 15 is 0 Å². The third kappa shape index (κ3) is 50.4. The van der Waals surface area contributed by atoms with E-state index in [0.717, 1.165) is 141 Å². The summed E-state index contributed by atoms with van der Waals surface area (Å²) in [7, 11) is 0. The van der Waals surface area contributed by atoms with Gasteiger partial charge in [-0.2, -0.15) is 0 Å². The molecule has 0 aliphatic heterocycles. The molecule has 0 spiro atoms. The van der Waals surface area contributed by atoms with E-state index in [1.54, 1.807) is 0 Å². The third-order valence-electron chi connectivity index (χ3n) is 10.1. The minimum absolute atomic E-state index is 0.122. The minimum Gasteiger partial charge on any atom is -0.462 e. The maximum Gasteiger partial charge on any atom is 0.306 e. The van der Waals surface area contributed by atoms with E-state index in [1.807, 2.05) is 12.2 Å². The van der Waals surface area contributed by atoms with Crippen LogP contribution in [-0.4, -0.2) is 37.2 Å². The lowest BCUT2D eigenvalue weighted by Gasteiger charge is -2.18. The molecule has 0 radical (unpaired) electrons. The van der Waals surface area contributed by atoms with Crippen LogP contribution in [0.5, 0.6) is 0 Å². The van der Waals surface area contributed by atoms with Gasteiger partial charge in [0.15, 0.2) is 6.10 Å². The Balaban J connectivity index is 4.54. The monoisotopic (exact) mass is 897 g/mol. The van der Waals surface area contributed by atoms with Crippen molar-refractivity contribution in [1.82, 2.24) is 0 Å². The van der Waals surface area contributed by atoms with Crippen molar-refractivity contribution in [3.05, 3.63) is 134 Å². The number of hydrogen-bond donors (Lipinski definition) is 0. The lowest BCUT2D eigenvalue weighted by molar-refractivity contribution is -0.166. The smallest absolute Gasteiger partial charge is 0.306 e. The summed E-state index contributed by atoms with van der Waals surface area (Å²) in [4.78, 5) is 37.9. The molecule has 0 aliphatic rings. The van der Waals surface area contributed by atoms with Gasteiger partial charge in [0.1, 0.15) is 13.2 Å². The van der Waals surface area contributed by atoms with E-state index in [2.05, 4.69) is 142 Å². The number of hydrogen-bond acceptors (Lipinski definition) is 6. The molecule has 1 atom stereocenters. The number of carbonyl (C=O) groups is 3. The van der Waals surface area contributed by atoms with Crippen molar-refractivity contribution >= 4 is 17.9 Å². The van der Waals surface area contributed by atoms with Crippen molar-refractivity contribution in [2.75, 3.05) is 13.2 Å². The van der Waals surface area contributed by atoms with Gasteiger partial charge in [-0.15, -0.1) is 0 Å². The Bertz CT molecular complexity index is 1450. The van der Waals surface area contributed by atoms with Gasteiger partial charge in [-0.1, -0.05) is 199 Å². The largest absolute Gasteiger partial charge is 0.462 e. The molecule has 65 heavy (non-hydrogen) atoms. The van der Waals surface area contributed by atoms with Crippen molar-refractivity contribution in [2.24, 2.45) is 0 Å². The van der Waals surface area contributed by atoms with Gasteiger partial charge in [-0.25, -0.2) is 0 Å². The standard InChI is InChI=1S/C59H92O6/c1-4-7-10-13-16-19-22-24-26-28-29-31-33-35-38-40-43-46-49-52-58(61)64-55-56(65-59(62)53-50-47-44-41-36-21-18-15-12-9-6-3)54-63-57(60)51-48-45-42-39-37-34-32-30-27-25-23-20-17-14-11-8-5-2/h7-8,10-11,15-20,24-27,29,31-32,34-35,38,43,46,56H,4-6,9,12-14,21-23,28,30,33,36-37,39-42,44-45,47-55H2,1-3H3/b10-7-,11-8-,18-15-,19-16-,20-17-,26-24-,27-25-,31-29-,34-32-,38-35-,46-43-/t56-/m0/s1. The van der Waals surface area contributed by atoms with Crippen LogP contribution < -0.4 is 0 Å². The van der Waals surface area contributed by atoms with Gasteiger partial charge < -0.3 is 14.2 Å². The summed E-state index contributed by atoms with van der Waals surface area (Å²) in [5, 5.41) is 0. The normalized spacial score (nSPS) is 13.2. The molecule has 0 saturated carbocycles. The predicted octanol–water partition coefficient (Wildman–Crippen LogP) is 17.1. The Kier molecular flexibility index (Phi) is 48.6. The Morgan fingerprint density at radius 1 is 0.323 bits per heavy atom. The summed E-state index contributed by atoms with van der Waals surface area (Å²) >= 11 is 0. The van der Waals surface area contributed by atoms with Crippen LogP contribution in [0.25, 0.3) is 0 Å². The molecule has 6 nitrogen and oxygen atoms in total. The fraction of sp³-hybridized carbons (Fsp3) is 0.576. The number of rotatable bonds is 44. The molecule has 0 rings (SSSR count). The van der Waals surface area contributed by atoms with Crippen LogP contribution in [-0.2, 0) is 28.6 Å². The first-order valence-electron chi connectivity index (χ1n) is 25.7. The topological polar surface area (TPSA) is 78.9 Å². The first-order chi connectivity index (χ1) is 32.0. The zero-order chi connectivity index (χ0) is 47.2. The fourth-order valence-corrected chi connectivity index (χ4v) is 6.32. The summed E-state index contributed by atoms with van der Waals surface area (Å²) in [6, 6.07) is 0. The van der Waals surface area contributed by atoms with Crippen LogP contribution in [0, 0.1) is 0 Å². The molecule has 0 heterocycles. The van der Waals surface area contributed by atoms with Crippen LogP contribution in [0.3, 0.4) is 0 Å². The fourth-order valence-electron chi connectivity index (χ4n) is 6.32. The molecule has 0 unspecified atom stereocenters. The number of esters is 3. The minimum atomic E-state index is -0.827. The molecule has 6 heteroatoms. The second-order valence-electron chi connectivity index (χ2n) is 16.3. The van der Waals surface area contributed by atoms with Gasteiger partial charge in [-0.3, -0.25) is 14.4 Å². The number of ether oxygens (including phenoxy) is 3. The van der Waals surface area contributed by atoms with Gasteiger partial charge in [0.2, 0.25) is 0 Å². The van der Waals surface area contributed by atoms with Crippen molar-refractivity contribution in [3.63, 3.8) is 0 Å². The Hall–Kier alpha value is -4.45. The zero-order valence-electron chi connectivity index (χ0n) is 41.4. The van der Waals surface area contributed by atoms with Crippen molar-refractivity contribution < 1.29 is 28.6 Å². The molecule has 0 aromatic heterocycles. The molecule has 0 aromatic rings. The first kappa shape index (κ1) is 60.6. The first-order valence-corrected chi connectivity index (χ1v) is 25.7. The van der Waals surface area contributed by atoms with Crippen LogP contribution in [0.15, 0.2) is 134 Å². The Labute approximate surface area is 398 Å². The van der Waals surface area contributed by atoms with Gasteiger partial charge in [0.25, 0.3) is 0 Å². The van der Waals surface area contributed by atoms with Gasteiger partial charge in [0, 0.05) is 19.3 Å². The maximum absolute atomic E-state index is 12.8. The summed E-state index contributed by atoms with van der Waals surface area (Å²) < 4.78 is 16.7. The van der Waals surface area contributed by atoms with Gasteiger partial charge >= 0.3 is 17.9 Å². The predicted molar refractivity (Wildman–Crippen MR) is 279 cm³/mol. The summed E-state index contributed by atoms with van der Waals surface area (Å²) in [6.07, 6.45) is 73.0. The van der Waals surface area contributed by atoms with E-state index in [9.17, 15) is 14.4 Å². The van der Waals surface area contributed by atoms with E-state index in [4.69, 9.17) is 14.2 Å². The highest BCUT2D eigenvalue weighted by molar-refractivity contribution is 5.71. The number of carbonyl (C=O) groups excluding carboxylic acids is 3. The highest BCUT2D eigenvalue weighted by Crippen LogP contribution is 2.12. The summed E-state index contributed by atoms with van der Waals surface area (Å²) in [6.45, 7) is 6.25. The quantitative estimate of drug-likeness (QED) is 0.0262. The zero-order valence-corrected chi connectivity index (χ0v) is 41.4. The summed E-state index contributed by atoms with van der Waals surface area (Å²) in [5.74, 6) is -1.05. The number of unbranched alkanes of at least 4 members (excludes halogenated alkanes) is 11. The Morgan fingerprint density at radius 2 is 0.631 bits per heavy atom. The highest BCUT2D eigenvalue weighted by Gasteiger charge is 2.19. The molecule has 0 aromatic carbocycles. The summed E-state index contributed by atoms with van der Waals surface area (Å²) in [5.41, 5.74) is 0. The van der Waals surface area contributed by atoms with Crippen LogP contribution >= 0.6 is 0 Å². The molecule has 0 N–H and O–H groups in total. The third-order valence-corrected chi connectivity index (χ3v) is 10.1. The second-order valence-corrected chi connectivity index (χ2v) is 16.3. The molecule has 0 amide bonds. The lowest BCUT2D eigenvalue weighted by Crippen LogP contribution is -2.30. The van der Waals surface area contributed by atoms with E-state index < -0.39 is 6.10 Å². The van der Waals surface area contributed by atoms with Crippen molar-refractivity contribution in [3.8, 4) is 0 Å². The van der Waals surface area contributed by atoms with E-state index in [-0.39, 0.29) is 37.5 Å². The Morgan fingerprint density at radius 3 is 1.05 bits per heavy atom. The van der Waals surface area contributed by atoms with Crippen molar-refractivity contribution in [1.29, 1.82) is 0 Å². The average molecular weight is 897 g/mol. The lowest BCUT2D eigenvalue weighted by atomic mass is 10.1. The van der Waals surface area contributed by atoms with Crippen LogP contribution in [0.1, 0.15) is 201 Å². The van der Waals surface area contributed by atoms with Crippen molar-refractivity contribution in [2.45, 2.75) is 207 Å².